The zero-order valence-electron chi connectivity index (χ0n) is 33.3. The van der Waals surface area contributed by atoms with Crippen molar-refractivity contribution in [2.75, 3.05) is 26.7 Å². The normalized spacial score (nSPS) is 28.2. The Kier molecular flexibility index (Phi) is 12.1. The molecule has 2 aromatic rings. The number of ether oxygens (including phenoxy) is 3. The van der Waals surface area contributed by atoms with Crippen LogP contribution in [0.2, 0.25) is 0 Å². The van der Waals surface area contributed by atoms with Crippen LogP contribution in [0, 0.1) is 11.8 Å². The van der Waals surface area contributed by atoms with Gasteiger partial charge in [0.1, 0.15) is 36.1 Å². The first kappa shape index (κ1) is 40.8. The summed E-state index contributed by atoms with van der Waals surface area (Å²) in [5, 5.41) is 3.14. The van der Waals surface area contributed by atoms with E-state index in [0.717, 1.165) is 38.5 Å². The molecule has 0 radical (unpaired) electrons. The summed E-state index contributed by atoms with van der Waals surface area (Å²) in [6.45, 7) is 3.99. The lowest BCUT2D eigenvalue weighted by Gasteiger charge is -2.36. The molecule has 15 nitrogen and oxygen atoms in total. The highest BCUT2D eigenvalue weighted by Gasteiger charge is 2.66. The van der Waals surface area contributed by atoms with Gasteiger partial charge in [-0.05, 0) is 93.2 Å². The highest BCUT2D eigenvalue weighted by Crippen LogP contribution is 2.52. The Hall–Kier alpha value is -4.34. The summed E-state index contributed by atoms with van der Waals surface area (Å²) in [5.41, 5.74) is -1.61. The van der Waals surface area contributed by atoms with Gasteiger partial charge in [-0.3, -0.25) is 28.5 Å². The third kappa shape index (κ3) is 8.47. The number of nitrogens with one attached hydrogen (secondary N) is 2. The average molecular weight is 812 g/mol. The minimum absolute atomic E-state index is 0.0327. The number of unbranched alkanes of at least 4 members (excludes halogenated alkanes) is 1. The second-order valence-electron chi connectivity index (χ2n) is 16.5. The number of hydrogen-bond donors (Lipinski definition) is 2. The van der Waals surface area contributed by atoms with Gasteiger partial charge in [-0.15, -0.1) is 0 Å². The fraction of sp³-hybridized carbons (Fsp3) is 0.683. The van der Waals surface area contributed by atoms with Crippen LogP contribution in [0.5, 0.6) is 11.6 Å². The van der Waals surface area contributed by atoms with Gasteiger partial charge in [0.2, 0.25) is 21.8 Å². The van der Waals surface area contributed by atoms with Gasteiger partial charge in [0, 0.05) is 31.0 Å². The monoisotopic (exact) mass is 811 g/mol. The number of methoxy groups -OCH3 is 1. The molecule has 2 bridgehead atoms. The largest absolute Gasteiger partial charge is 0.497 e. The highest BCUT2D eigenvalue weighted by atomic mass is 32.2. The molecule has 3 heterocycles. The minimum Gasteiger partial charge on any atom is -0.497 e. The fourth-order valence-corrected chi connectivity index (χ4v) is 10.7. The van der Waals surface area contributed by atoms with Crippen LogP contribution in [0.15, 0.2) is 29.1 Å². The molecule has 16 heteroatoms. The first-order valence-corrected chi connectivity index (χ1v) is 22.4. The molecular formula is C41H57N5O10S. The van der Waals surface area contributed by atoms with Crippen LogP contribution < -0.4 is 25.1 Å². The third-order valence-electron chi connectivity index (χ3n) is 12.8. The molecular weight excluding hydrogens is 755 g/mol. The van der Waals surface area contributed by atoms with E-state index < -0.39 is 63.3 Å². The first-order chi connectivity index (χ1) is 27.4. The molecule has 7 rings (SSSR count). The molecule has 2 aliphatic heterocycles. The lowest BCUT2D eigenvalue weighted by atomic mass is 9.98. The van der Waals surface area contributed by atoms with Gasteiger partial charge < -0.3 is 29.3 Å². The molecule has 312 valence electrons. The first-order valence-electron chi connectivity index (χ1n) is 20.9. The van der Waals surface area contributed by atoms with Crippen molar-refractivity contribution in [2.24, 2.45) is 11.8 Å². The Morgan fingerprint density at radius 2 is 1.81 bits per heavy atom. The summed E-state index contributed by atoms with van der Waals surface area (Å²) < 4.78 is 47.9. The number of fused-ring (bicyclic) bond motifs is 5. The number of pyridine rings is 1. The highest BCUT2D eigenvalue weighted by molar-refractivity contribution is 7.91. The molecule has 6 atom stereocenters. The van der Waals surface area contributed by atoms with Crippen molar-refractivity contribution in [1.29, 1.82) is 0 Å². The van der Waals surface area contributed by atoms with E-state index in [9.17, 15) is 27.6 Å². The van der Waals surface area contributed by atoms with Gasteiger partial charge in [0.15, 0.2) is 5.88 Å². The molecule has 3 aliphatic carbocycles. The lowest BCUT2D eigenvalue weighted by molar-refractivity contribution is -0.149. The average Bonchev–Trinajstić information content (AvgIpc) is 4.10. The van der Waals surface area contributed by atoms with Crippen LogP contribution in [-0.4, -0.2) is 102 Å². The Balaban J connectivity index is 1.23. The quantitative estimate of drug-likeness (QED) is 0.352. The van der Waals surface area contributed by atoms with Gasteiger partial charge in [-0.25, -0.2) is 13.2 Å². The predicted octanol–water partition coefficient (Wildman–Crippen LogP) is 4.23. The molecule has 1 saturated heterocycles. The van der Waals surface area contributed by atoms with Crippen molar-refractivity contribution in [3.8, 4) is 11.6 Å². The molecule has 2 N–H and O–H groups in total. The van der Waals surface area contributed by atoms with E-state index in [1.165, 1.54) is 9.80 Å². The van der Waals surface area contributed by atoms with Crippen LogP contribution in [0.25, 0.3) is 10.8 Å². The molecule has 4 fully saturated rings. The van der Waals surface area contributed by atoms with E-state index >= 15 is 4.79 Å². The number of carbonyl (C=O) groups is 4. The second kappa shape index (κ2) is 16.9. The molecule has 4 unspecified atom stereocenters. The Labute approximate surface area is 334 Å². The molecule has 5 aliphatic rings. The SMILES string of the molecule is CCCCN(C(=O)C1CC2CN1C(=O)CNC(=O)OC1CCCC1CCCCCn1c(cc3cc(OC)ccc3c1=O)O2)[C@]1(C(=O)NS(=O)(=O)C2CC2)C[C@H]1CC. The number of benzene rings is 1. The molecule has 57 heavy (non-hydrogen) atoms. The van der Waals surface area contributed by atoms with E-state index in [0.29, 0.717) is 73.9 Å². The molecule has 4 amide bonds. The van der Waals surface area contributed by atoms with Crippen molar-refractivity contribution >= 4 is 44.6 Å². The van der Waals surface area contributed by atoms with Crippen molar-refractivity contribution < 1.29 is 41.8 Å². The smallest absolute Gasteiger partial charge is 0.407 e. The number of alkyl carbamates (subject to hydrolysis) is 1. The Bertz CT molecular complexity index is 2030. The van der Waals surface area contributed by atoms with E-state index in [1.54, 1.807) is 35.9 Å². The van der Waals surface area contributed by atoms with E-state index in [-0.39, 0.29) is 43.0 Å². The van der Waals surface area contributed by atoms with Gasteiger partial charge in [0.25, 0.3) is 11.5 Å². The van der Waals surface area contributed by atoms with Gasteiger partial charge >= 0.3 is 6.09 Å². The number of amides is 4. The number of rotatable bonds is 10. The lowest BCUT2D eigenvalue weighted by Crippen LogP contribution is -2.59. The van der Waals surface area contributed by atoms with Crippen LogP contribution >= 0.6 is 0 Å². The number of hydrogen-bond acceptors (Lipinski definition) is 10. The zero-order valence-corrected chi connectivity index (χ0v) is 34.2. The summed E-state index contributed by atoms with van der Waals surface area (Å²) >= 11 is 0. The second-order valence-corrected chi connectivity index (χ2v) is 18.5. The third-order valence-corrected chi connectivity index (χ3v) is 14.6. The molecule has 3 saturated carbocycles. The maximum Gasteiger partial charge on any atom is 0.407 e. The van der Waals surface area contributed by atoms with Crippen molar-refractivity contribution in [3.05, 3.63) is 34.6 Å². The van der Waals surface area contributed by atoms with Gasteiger partial charge in [0.05, 0.1) is 18.9 Å². The topological polar surface area (TPSA) is 183 Å². The van der Waals surface area contributed by atoms with Crippen molar-refractivity contribution in [2.45, 2.75) is 139 Å². The minimum atomic E-state index is -3.90. The summed E-state index contributed by atoms with van der Waals surface area (Å²) in [6, 6.07) is 5.95. The van der Waals surface area contributed by atoms with Gasteiger partial charge in [-0.2, -0.15) is 0 Å². The zero-order chi connectivity index (χ0) is 40.5. The molecule has 1 aromatic carbocycles. The Morgan fingerprint density at radius 3 is 2.53 bits per heavy atom. The summed E-state index contributed by atoms with van der Waals surface area (Å²) in [4.78, 5) is 73.2. The van der Waals surface area contributed by atoms with Crippen LogP contribution in [-0.2, 0) is 35.7 Å². The predicted molar refractivity (Wildman–Crippen MR) is 211 cm³/mol. The summed E-state index contributed by atoms with van der Waals surface area (Å²) in [6.07, 6.45) is 7.40. The number of aromatic nitrogens is 1. The van der Waals surface area contributed by atoms with Crippen molar-refractivity contribution in [3.63, 3.8) is 0 Å². The fourth-order valence-electron chi connectivity index (χ4n) is 9.29. The van der Waals surface area contributed by atoms with E-state index in [1.807, 2.05) is 13.8 Å². The van der Waals surface area contributed by atoms with Crippen LogP contribution in [0.3, 0.4) is 0 Å². The standard InChI is InChI=1S/C41H57N5O10S/c1-4-6-19-46(41(23-28(41)5-2)39(50)43-57(52,53)31-15-16-31)38(49)33-22-30-25-45(33)35(47)24-42-40(51)56-34-13-10-12-26(34)11-8-7-9-18-44-36(55-30)21-27-20-29(54-3)14-17-32(27)37(44)48/h14,17,20-21,26,28,30-31,33-34H,4-13,15-16,18-19,22-25H2,1-3H3,(H,42,51)(H,43,50)/t26?,28-,30?,33?,34?,41-/m1/s1. The number of carbonyl (C=O) groups excluding carboxylic acids is 4. The van der Waals surface area contributed by atoms with Crippen LogP contribution in [0.4, 0.5) is 4.79 Å². The van der Waals surface area contributed by atoms with Gasteiger partial charge in [-0.1, -0.05) is 39.5 Å². The molecule has 0 spiro atoms. The Morgan fingerprint density at radius 1 is 1.02 bits per heavy atom. The maximum absolute atomic E-state index is 15.0. The van der Waals surface area contributed by atoms with Crippen LogP contribution in [0.1, 0.15) is 104 Å². The van der Waals surface area contributed by atoms with E-state index in [2.05, 4.69) is 10.0 Å². The summed E-state index contributed by atoms with van der Waals surface area (Å²) in [7, 11) is -2.34. The summed E-state index contributed by atoms with van der Waals surface area (Å²) in [5.74, 6) is -0.912. The number of nitrogens with zero attached hydrogens (tertiary/aromatic N) is 3. The maximum atomic E-state index is 15.0. The number of sulfonamides is 1. The van der Waals surface area contributed by atoms with E-state index in [4.69, 9.17) is 14.2 Å². The molecule has 1 aromatic heterocycles. The van der Waals surface area contributed by atoms with Crippen molar-refractivity contribution in [1.82, 2.24) is 24.4 Å².